The second-order valence-corrected chi connectivity index (χ2v) is 6.39. The number of rotatable bonds is 6. The van der Waals surface area contributed by atoms with E-state index in [0.717, 1.165) is 19.6 Å². The number of fused-ring (bicyclic) bond motifs is 1. The van der Waals surface area contributed by atoms with Gasteiger partial charge in [0.1, 0.15) is 0 Å². The van der Waals surface area contributed by atoms with E-state index in [0.29, 0.717) is 0 Å². The van der Waals surface area contributed by atoms with Crippen molar-refractivity contribution < 1.29 is 0 Å². The Balaban J connectivity index is 0.00000243. The maximum Gasteiger partial charge on any atom is 0.0426 e. The van der Waals surface area contributed by atoms with Crippen LogP contribution >= 0.6 is 12.4 Å². The second-order valence-electron chi connectivity index (χ2n) is 6.39. The molecule has 0 heterocycles. The van der Waals surface area contributed by atoms with Crippen molar-refractivity contribution in [3.63, 3.8) is 0 Å². The average molecular weight is 369 g/mol. The molecule has 26 heavy (non-hydrogen) atoms. The summed E-state index contributed by atoms with van der Waals surface area (Å²) in [6.45, 7) is 11.8. The lowest BCUT2D eigenvalue weighted by atomic mass is 9.93. The molecule has 3 aromatic rings. The SMILES string of the molecule is CCNc1cc(-c2ccc(N(CC)CC)cc2)c(C)c2ccccc12.Cl. The molecule has 0 saturated heterocycles. The van der Waals surface area contributed by atoms with Crippen LogP contribution in [0.25, 0.3) is 21.9 Å². The third-order valence-corrected chi connectivity index (χ3v) is 4.99. The van der Waals surface area contributed by atoms with Gasteiger partial charge in [0, 0.05) is 36.4 Å². The van der Waals surface area contributed by atoms with E-state index in [1.807, 2.05) is 0 Å². The fourth-order valence-corrected chi connectivity index (χ4v) is 3.60. The molecule has 0 aliphatic rings. The van der Waals surface area contributed by atoms with Gasteiger partial charge in [-0.15, -0.1) is 12.4 Å². The monoisotopic (exact) mass is 368 g/mol. The highest BCUT2D eigenvalue weighted by Crippen LogP contribution is 2.35. The minimum absolute atomic E-state index is 0. The Bertz CT molecular complexity index is 852. The molecule has 0 saturated carbocycles. The molecule has 0 amide bonds. The summed E-state index contributed by atoms with van der Waals surface area (Å²) in [6.07, 6.45) is 0. The Hall–Kier alpha value is -2.19. The third kappa shape index (κ3) is 3.81. The van der Waals surface area contributed by atoms with Crippen LogP contribution in [0.15, 0.2) is 54.6 Å². The number of halogens is 1. The van der Waals surface area contributed by atoms with Crippen LogP contribution in [-0.2, 0) is 0 Å². The lowest BCUT2D eigenvalue weighted by molar-refractivity contribution is 0.866. The van der Waals surface area contributed by atoms with Gasteiger partial charge in [0.15, 0.2) is 0 Å². The molecule has 3 heteroatoms. The highest BCUT2D eigenvalue weighted by atomic mass is 35.5. The number of anilines is 2. The Morgan fingerprint density at radius 1 is 0.846 bits per heavy atom. The number of hydrogen-bond acceptors (Lipinski definition) is 2. The van der Waals surface area contributed by atoms with Gasteiger partial charge in [-0.25, -0.2) is 0 Å². The Morgan fingerprint density at radius 3 is 2.04 bits per heavy atom. The molecule has 0 atom stereocenters. The van der Waals surface area contributed by atoms with Crippen molar-refractivity contribution in [1.82, 2.24) is 0 Å². The van der Waals surface area contributed by atoms with Gasteiger partial charge in [-0.3, -0.25) is 0 Å². The number of benzene rings is 3. The number of hydrogen-bond donors (Lipinski definition) is 1. The van der Waals surface area contributed by atoms with Crippen LogP contribution < -0.4 is 10.2 Å². The van der Waals surface area contributed by atoms with E-state index in [-0.39, 0.29) is 12.4 Å². The van der Waals surface area contributed by atoms with Crippen molar-refractivity contribution in [2.24, 2.45) is 0 Å². The van der Waals surface area contributed by atoms with E-state index in [4.69, 9.17) is 0 Å². The van der Waals surface area contributed by atoms with Gasteiger partial charge in [-0.2, -0.15) is 0 Å². The predicted octanol–water partition coefficient (Wildman–Crippen LogP) is 6.52. The summed E-state index contributed by atoms with van der Waals surface area (Å²) in [6, 6.07) is 19.9. The molecule has 0 spiro atoms. The standard InChI is InChI=1S/C23H28N2.ClH/c1-5-24-23-16-22(17(4)20-10-8-9-11-21(20)23)18-12-14-19(15-13-18)25(6-2)7-3;/h8-16,24H,5-7H2,1-4H3;1H. The maximum atomic E-state index is 3.53. The van der Waals surface area contributed by atoms with E-state index >= 15 is 0 Å². The fraction of sp³-hybridized carbons (Fsp3) is 0.304. The summed E-state index contributed by atoms with van der Waals surface area (Å²) in [7, 11) is 0. The normalized spacial score (nSPS) is 10.5. The van der Waals surface area contributed by atoms with Gasteiger partial charge in [-0.05, 0) is 68.0 Å². The topological polar surface area (TPSA) is 15.3 Å². The number of nitrogens with one attached hydrogen (secondary N) is 1. The molecule has 0 aliphatic carbocycles. The molecule has 0 radical (unpaired) electrons. The molecule has 1 N–H and O–H groups in total. The molecule has 0 unspecified atom stereocenters. The van der Waals surface area contributed by atoms with Crippen LogP contribution in [0.5, 0.6) is 0 Å². The Labute approximate surface area is 163 Å². The van der Waals surface area contributed by atoms with Crippen molar-refractivity contribution in [2.45, 2.75) is 27.7 Å². The lowest BCUT2D eigenvalue weighted by Crippen LogP contribution is -2.21. The molecule has 0 aliphatic heterocycles. The summed E-state index contributed by atoms with van der Waals surface area (Å²) in [4.78, 5) is 2.38. The van der Waals surface area contributed by atoms with E-state index < -0.39 is 0 Å². The minimum atomic E-state index is 0. The first-order valence-electron chi connectivity index (χ1n) is 9.31. The highest BCUT2D eigenvalue weighted by molar-refractivity contribution is 6.00. The molecule has 2 nitrogen and oxygen atoms in total. The molecule has 3 aromatic carbocycles. The maximum absolute atomic E-state index is 3.53. The predicted molar refractivity (Wildman–Crippen MR) is 119 cm³/mol. The summed E-state index contributed by atoms with van der Waals surface area (Å²) >= 11 is 0. The summed E-state index contributed by atoms with van der Waals surface area (Å²) in [5.74, 6) is 0. The van der Waals surface area contributed by atoms with Gasteiger partial charge in [0.25, 0.3) is 0 Å². The lowest BCUT2D eigenvalue weighted by Gasteiger charge is -2.21. The molecular formula is C23H29ClN2. The van der Waals surface area contributed by atoms with Gasteiger partial charge >= 0.3 is 0 Å². The highest BCUT2D eigenvalue weighted by Gasteiger charge is 2.11. The summed E-state index contributed by atoms with van der Waals surface area (Å²) in [5, 5.41) is 6.15. The van der Waals surface area contributed by atoms with Gasteiger partial charge in [-0.1, -0.05) is 36.4 Å². The smallest absolute Gasteiger partial charge is 0.0426 e. The summed E-state index contributed by atoms with van der Waals surface area (Å²) < 4.78 is 0. The van der Waals surface area contributed by atoms with Gasteiger partial charge in [0.2, 0.25) is 0 Å². The third-order valence-electron chi connectivity index (χ3n) is 4.99. The van der Waals surface area contributed by atoms with Crippen LogP contribution in [0.1, 0.15) is 26.3 Å². The Morgan fingerprint density at radius 2 is 1.46 bits per heavy atom. The zero-order chi connectivity index (χ0) is 17.8. The van der Waals surface area contributed by atoms with Crippen molar-refractivity contribution in [3.8, 4) is 11.1 Å². The van der Waals surface area contributed by atoms with Crippen LogP contribution in [0, 0.1) is 6.92 Å². The Kier molecular flexibility index (Phi) is 6.93. The average Bonchev–Trinajstić information content (AvgIpc) is 2.66. The van der Waals surface area contributed by atoms with Gasteiger partial charge < -0.3 is 10.2 Å². The molecular weight excluding hydrogens is 340 g/mol. The summed E-state index contributed by atoms with van der Waals surface area (Å²) in [5.41, 5.74) is 6.43. The number of aryl methyl sites for hydroxylation is 1. The van der Waals surface area contributed by atoms with Crippen molar-refractivity contribution in [2.75, 3.05) is 29.9 Å². The van der Waals surface area contributed by atoms with Crippen molar-refractivity contribution >= 4 is 34.6 Å². The van der Waals surface area contributed by atoms with E-state index in [2.05, 4.69) is 92.5 Å². The van der Waals surface area contributed by atoms with Crippen LogP contribution in [0.2, 0.25) is 0 Å². The molecule has 138 valence electrons. The quantitative estimate of drug-likeness (QED) is 0.533. The largest absolute Gasteiger partial charge is 0.385 e. The minimum Gasteiger partial charge on any atom is -0.385 e. The van der Waals surface area contributed by atoms with E-state index in [1.54, 1.807) is 0 Å². The molecule has 3 rings (SSSR count). The van der Waals surface area contributed by atoms with E-state index in [1.165, 1.54) is 38.8 Å². The first kappa shape index (κ1) is 20.1. The fourth-order valence-electron chi connectivity index (χ4n) is 3.60. The molecule has 0 aromatic heterocycles. The van der Waals surface area contributed by atoms with E-state index in [9.17, 15) is 0 Å². The number of nitrogens with zero attached hydrogens (tertiary/aromatic N) is 1. The van der Waals surface area contributed by atoms with Crippen molar-refractivity contribution in [1.29, 1.82) is 0 Å². The van der Waals surface area contributed by atoms with Crippen LogP contribution in [-0.4, -0.2) is 19.6 Å². The zero-order valence-electron chi connectivity index (χ0n) is 16.2. The van der Waals surface area contributed by atoms with Crippen LogP contribution in [0.3, 0.4) is 0 Å². The van der Waals surface area contributed by atoms with Crippen molar-refractivity contribution in [3.05, 3.63) is 60.2 Å². The molecule has 0 bridgehead atoms. The first-order chi connectivity index (χ1) is 12.2. The van der Waals surface area contributed by atoms with Gasteiger partial charge in [0.05, 0.1) is 0 Å². The second kappa shape index (κ2) is 8.95. The van der Waals surface area contributed by atoms with Crippen LogP contribution in [0.4, 0.5) is 11.4 Å². The first-order valence-corrected chi connectivity index (χ1v) is 9.31. The molecule has 0 fully saturated rings. The zero-order valence-corrected chi connectivity index (χ0v) is 17.0.